The van der Waals surface area contributed by atoms with Gasteiger partial charge in [0, 0.05) is 64.7 Å². The van der Waals surface area contributed by atoms with Gasteiger partial charge in [0.05, 0.1) is 35.0 Å². The first kappa shape index (κ1) is 43.9. The summed E-state index contributed by atoms with van der Waals surface area (Å²) >= 11 is 0. The van der Waals surface area contributed by atoms with Crippen LogP contribution < -0.4 is 21.6 Å². The number of ether oxygens (including phenoxy) is 2. The van der Waals surface area contributed by atoms with Crippen molar-refractivity contribution >= 4 is 39.8 Å². The Morgan fingerprint density at radius 1 is 0.885 bits per heavy atom. The zero-order valence-corrected chi connectivity index (χ0v) is 34.4. The zero-order valence-electron chi connectivity index (χ0n) is 34.4. The molecule has 1 saturated heterocycles. The van der Waals surface area contributed by atoms with Gasteiger partial charge in [-0.1, -0.05) is 30.3 Å². The Bertz CT molecular complexity index is 2330. The number of aromatic nitrogens is 6. The first-order valence-corrected chi connectivity index (χ1v) is 21.2. The van der Waals surface area contributed by atoms with Crippen LogP contribution in [0.2, 0.25) is 0 Å². The number of aryl methyl sites for hydroxylation is 2. The van der Waals surface area contributed by atoms with Gasteiger partial charge in [0.2, 0.25) is 17.8 Å². The molecule has 18 heteroatoms. The number of carbonyl (C=O) groups is 2. The molecule has 2 aromatic carbocycles. The molecule has 15 nitrogen and oxygen atoms in total. The summed E-state index contributed by atoms with van der Waals surface area (Å²) in [5.74, 6) is -0.636. The molecule has 61 heavy (non-hydrogen) atoms. The van der Waals surface area contributed by atoms with Crippen LogP contribution in [0.5, 0.6) is 0 Å². The number of aliphatic hydroxyl groups excluding tert-OH is 1. The van der Waals surface area contributed by atoms with Crippen LogP contribution in [0.3, 0.4) is 0 Å². The van der Waals surface area contributed by atoms with Crippen molar-refractivity contribution in [3.05, 3.63) is 70.3 Å². The second-order valence-electron chi connectivity index (χ2n) is 15.9. The van der Waals surface area contributed by atoms with Crippen LogP contribution in [-0.2, 0) is 39.1 Å². The highest BCUT2D eigenvalue weighted by Crippen LogP contribution is 2.35. The quantitative estimate of drug-likeness (QED) is 0.0574. The van der Waals surface area contributed by atoms with Gasteiger partial charge >= 0.3 is 11.9 Å². The fourth-order valence-corrected chi connectivity index (χ4v) is 8.05. The van der Waals surface area contributed by atoms with Gasteiger partial charge < -0.3 is 25.2 Å². The Morgan fingerprint density at radius 2 is 1.61 bits per heavy atom. The average molecular weight is 850 g/mol. The van der Waals surface area contributed by atoms with E-state index < -0.39 is 24.5 Å². The molecule has 2 fully saturated rings. The second kappa shape index (κ2) is 20.1. The van der Waals surface area contributed by atoms with Crippen LogP contribution in [0.4, 0.5) is 19.1 Å². The molecule has 0 bridgehead atoms. The Balaban J connectivity index is 0.786. The highest BCUT2D eigenvalue weighted by Gasteiger charge is 2.32. The zero-order chi connectivity index (χ0) is 42.9. The van der Waals surface area contributed by atoms with Crippen molar-refractivity contribution in [3.63, 3.8) is 0 Å². The van der Waals surface area contributed by atoms with Gasteiger partial charge in [-0.05, 0) is 87.6 Å². The molecule has 4 N–H and O–H groups in total. The number of hydrogen-bond donors (Lipinski definition) is 4. The number of aliphatic hydroxyl groups is 1. The summed E-state index contributed by atoms with van der Waals surface area (Å²) in [6.45, 7) is 3.62. The standard InChI is InChI=1S/C43H54F3N9O6/c1-53-36-25-28(8-15-34(36)54(42(53)59)35-16-17-37(57)50-40(35)58)5-2-21-60-23-4-24-61-22-3-19-47-26-29-6-9-30(10-7-29)38-33-27-49-41(48-20-18-43(44,45)46)51-39(33)55(52-38)31-11-13-32(56)14-12-31/h6-10,15,25,27,31-32,35,47,56H,2-5,11-14,16-24,26H2,1H3,(H,48,49,51)(H,50,57,58)/t31?,32?,35-/m0/s1. The minimum atomic E-state index is -4.28. The van der Waals surface area contributed by atoms with E-state index in [2.05, 4.69) is 25.9 Å². The third-order valence-electron chi connectivity index (χ3n) is 11.4. The van der Waals surface area contributed by atoms with E-state index in [1.54, 1.807) is 17.8 Å². The molecular weight excluding hydrogens is 796 g/mol. The summed E-state index contributed by atoms with van der Waals surface area (Å²) in [5, 5.41) is 24.2. The van der Waals surface area contributed by atoms with E-state index in [-0.39, 0.29) is 42.7 Å². The number of anilines is 1. The molecular formula is C43H54F3N9O6. The lowest BCUT2D eigenvalue weighted by Gasteiger charge is -2.25. The molecule has 328 valence electrons. The summed E-state index contributed by atoms with van der Waals surface area (Å²) in [6.07, 6.45) is 2.53. The molecule has 0 radical (unpaired) electrons. The predicted molar refractivity (Wildman–Crippen MR) is 223 cm³/mol. The number of carbonyl (C=O) groups excluding carboxylic acids is 2. The van der Waals surface area contributed by atoms with Crippen molar-refractivity contribution in [1.29, 1.82) is 0 Å². The minimum absolute atomic E-state index is 0.0149. The molecule has 7 rings (SSSR count). The number of nitrogens with zero attached hydrogens (tertiary/aromatic N) is 6. The number of amides is 2. The van der Waals surface area contributed by atoms with Crippen molar-refractivity contribution in [1.82, 2.24) is 39.5 Å². The van der Waals surface area contributed by atoms with Crippen molar-refractivity contribution in [3.8, 4) is 11.3 Å². The number of halogens is 3. The average Bonchev–Trinajstić information content (AvgIpc) is 3.73. The number of imidazole rings is 1. The number of rotatable bonds is 20. The smallest absolute Gasteiger partial charge is 0.390 e. The van der Waals surface area contributed by atoms with Crippen molar-refractivity contribution in [2.24, 2.45) is 7.05 Å². The highest BCUT2D eigenvalue weighted by molar-refractivity contribution is 6.00. The van der Waals surface area contributed by atoms with Crippen molar-refractivity contribution < 1.29 is 37.3 Å². The second-order valence-corrected chi connectivity index (χ2v) is 15.9. The highest BCUT2D eigenvalue weighted by atomic mass is 19.4. The molecule has 2 aliphatic rings. The number of hydrogen-bond acceptors (Lipinski definition) is 11. The molecule has 3 aromatic heterocycles. The summed E-state index contributed by atoms with van der Waals surface area (Å²) in [5.41, 5.74) is 5.48. The minimum Gasteiger partial charge on any atom is -0.393 e. The summed E-state index contributed by atoms with van der Waals surface area (Å²) < 4.78 is 54.7. The third kappa shape index (κ3) is 11.2. The SMILES string of the molecule is Cn1c(=O)n([C@H]2CCC(=O)NC2=O)c2ccc(CCCOCCCOCCCNCc3ccc(-c4nn(C5CCC(O)CC5)c5nc(NCCC(F)(F)F)ncc45)cc3)cc21. The summed E-state index contributed by atoms with van der Waals surface area (Å²) in [4.78, 5) is 45.9. The van der Waals surface area contributed by atoms with E-state index in [0.29, 0.717) is 74.5 Å². The Kier molecular flexibility index (Phi) is 14.5. The number of fused-ring (bicyclic) bond motifs is 2. The van der Waals surface area contributed by atoms with Crippen LogP contribution >= 0.6 is 0 Å². The predicted octanol–water partition coefficient (Wildman–Crippen LogP) is 5.50. The largest absolute Gasteiger partial charge is 0.393 e. The maximum atomic E-state index is 13.0. The van der Waals surface area contributed by atoms with Crippen LogP contribution in [-0.4, -0.2) is 97.6 Å². The van der Waals surface area contributed by atoms with Gasteiger partial charge in [-0.3, -0.25) is 24.0 Å². The van der Waals surface area contributed by atoms with Gasteiger partial charge in [0.1, 0.15) is 11.7 Å². The number of piperidine rings is 1. The maximum absolute atomic E-state index is 13.0. The fraction of sp³-hybridized carbons (Fsp3) is 0.535. The summed E-state index contributed by atoms with van der Waals surface area (Å²) in [6, 6.07) is 13.2. The van der Waals surface area contributed by atoms with Gasteiger partial charge in [-0.2, -0.15) is 23.3 Å². The number of nitrogens with one attached hydrogen (secondary N) is 3. The maximum Gasteiger partial charge on any atom is 0.390 e. The first-order chi connectivity index (χ1) is 29.4. The molecule has 2 amide bonds. The molecule has 1 aliphatic carbocycles. The molecule has 1 atom stereocenters. The third-order valence-corrected chi connectivity index (χ3v) is 11.4. The van der Waals surface area contributed by atoms with Crippen LogP contribution in [0.1, 0.15) is 87.4 Å². The lowest BCUT2D eigenvalue weighted by Crippen LogP contribution is -2.44. The number of imide groups is 1. The first-order valence-electron chi connectivity index (χ1n) is 21.2. The molecule has 1 saturated carbocycles. The Labute approximate surface area is 351 Å². The van der Waals surface area contributed by atoms with Crippen molar-refractivity contribution in [2.75, 3.05) is 44.8 Å². The van der Waals surface area contributed by atoms with Crippen LogP contribution in [0.25, 0.3) is 33.3 Å². The molecule has 0 unspecified atom stereocenters. The molecule has 1 aliphatic heterocycles. The lowest BCUT2D eigenvalue weighted by atomic mass is 9.93. The van der Waals surface area contributed by atoms with Gasteiger partial charge in [-0.25, -0.2) is 14.5 Å². The molecule has 5 aromatic rings. The Morgan fingerprint density at radius 3 is 2.34 bits per heavy atom. The lowest BCUT2D eigenvalue weighted by molar-refractivity contribution is -0.136. The number of alkyl halides is 3. The van der Waals surface area contributed by atoms with Crippen molar-refractivity contribution in [2.45, 2.75) is 102 Å². The van der Waals surface area contributed by atoms with E-state index in [9.17, 15) is 32.7 Å². The van der Waals surface area contributed by atoms with Gasteiger partial charge in [-0.15, -0.1) is 0 Å². The van der Waals surface area contributed by atoms with E-state index in [1.165, 1.54) is 4.57 Å². The number of benzene rings is 2. The molecule has 0 spiro atoms. The van der Waals surface area contributed by atoms with Crippen LogP contribution in [0, 0.1) is 0 Å². The summed E-state index contributed by atoms with van der Waals surface area (Å²) in [7, 11) is 1.69. The van der Waals surface area contributed by atoms with E-state index in [0.717, 1.165) is 67.3 Å². The van der Waals surface area contributed by atoms with Gasteiger partial charge in [0.15, 0.2) is 5.65 Å². The van der Waals surface area contributed by atoms with E-state index in [1.807, 2.05) is 47.1 Å². The van der Waals surface area contributed by atoms with E-state index in [4.69, 9.17) is 14.6 Å². The van der Waals surface area contributed by atoms with Crippen LogP contribution in [0.15, 0.2) is 53.5 Å². The fourth-order valence-electron chi connectivity index (χ4n) is 8.05. The normalized spacial score (nSPS) is 18.6. The monoisotopic (exact) mass is 849 g/mol. The molecule has 4 heterocycles. The van der Waals surface area contributed by atoms with Gasteiger partial charge in [0.25, 0.3) is 0 Å². The Hall–Kier alpha value is -5.17. The van der Waals surface area contributed by atoms with E-state index >= 15 is 0 Å². The topological polar surface area (TPSA) is 179 Å².